The lowest BCUT2D eigenvalue weighted by molar-refractivity contribution is -0.146. The Morgan fingerprint density at radius 1 is 1.23 bits per heavy atom. The van der Waals surface area contributed by atoms with Gasteiger partial charge in [0.15, 0.2) is 0 Å². The van der Waals surface area contributed by atoms with E-state index in [2.05, 4.69) is 10.2 Å². The van der Waals surface area contributed by atoms with Gasteiger partial charge >= 0.3 is 0 Å². The normalized spacial score (nSPS) is 40.7. The third-order valence-electron chi connectivity index (χ3n) is 6.32. The van der Waals surface area contributed by atoms with Crippen molar-refractivity contribution in [2.75, 3.05) is 26.2 Å². The number of hydrogen-bond acceptors (Lipinski definition) is 3. The minimum absolute atomic E-state index is 0. The first-order valence-electron chi connectivity index (χ1n) is 8.94. The average Bonchev–Trinajstić information content (AvgIpc) is 3.24. The van der Waals surface area contributed by atoms with E-state index in [1.807, 2.05) is 0 Å². The SMILES string of the molecule is Cl.O=C(C1CNCCO1)N1CCCC1CC1CC2CCC1C2. The van der Waals surface area contributed by atoms with Crippen LogP contribution in [0.25, 0.3) is 0 Å². The fourth-order valence-corrected chi connectivity index (χ4v) is 5.29. The highest BCUT2D eigenvalue weighted by Crippen LogP contribution is 2.50. The number of morpholine rings is 1. The van der Waals surface area contributed by atoms with Crippen molar-refractivity contribution >= 4 is 18.3 Å². The Labute approximate surface area is 139 Å². The predicted octanol–water partition coefficient (Wildman–Crippen LogP) is 2.21. The summed E-state index contributed by atoms with van der Waals surface area (Å²) in [6.45, 7) is 3.18. The van der Waals surface area contributed by atoms with E-state index >= 15 is 0 Å². The van der Waals surface area contributed by atoms with Crippen LogP contribution in [-0.2, 0) is 9.53 Å². The molecule has 4 nitrogen and oxygen atoms in total. The summed E-state index contributed by atoms with van der Waals surface area (Å²) in [5.74, 6) is 3.12. The van der Waals surface area contributed by atoms with Crippen LogP contribution in [0.5, 0.6) is 0 Å². The van der Waals surface area contributed by atoms with Crippen LogP contribution >= 0.6 is 12.4 Å². The molecule has 0 spiro atoms. The van der Waals surface area contributed by atoms with E-state index < -0.39 is 0 Å². The maximum absolute atomic E-state index is 12.7. The topological polar surface area (TPSA) is 41.6 Å². The van der Waals surface area contributed by atoms with E-state index in [-0.39, 0.29) is 24.4 Å². The highest BCUT2D eigenvalue weighted by atomic mass is 35.5. The van der Waals surface area contributed by atoms with Crippen molar-refractivity contribution in [1.82, 2.24) is 10.2 Å². The van der Waals surface area contributed by atoms with Crippen molar-refractivity contribution in [2.24, 2.45) is 17.8 Å². The van der Waals surface area contributed by atoms with E-state index in [1.54, 1.807) is 0 Å². The first-order valence-corrected chi connectivity index (χ1v) is 8.94. The lowest BCUT2D eigenvalue weighted by Gasteiger charge is -2.33. The van der Waals surface area contributed by atoms with Gasteiger partial charge in [0.05, 0.1) is 6.61 Å². The van der Waals surface area contributed by atoms with E-state index in [9.17, 15) is 4.79 Å². The smallest absolute Gasteiger partial charge is 0.253 e. The van der Waals surface area contributed by atoms with E-state index in [0.717, 1.165) is 30.8 Å². The Balaban J connectivity index is 0.00000144. The van der Waals surface area contributed by atoms with Gasteiger partial charge in [0, 0.05) is 25.7 Å². The molecule has 1 N–H and O–H groups in total. The first kappa shape index (κ1) is 16.5. The van der Waals surface area contributed by atoms with Gasteiger partial charge in [-0.2, -0.15) is 0 Å². The second-order valence-electron chi connectivity index (χ2n) is 7.56. The molecule has 1 amide bonds. The lowest BCUT2D eigenvalue weighted by Crippen LogP contribution is -2.51. The van der Waals surface area contributed by atoms with Crippen molar-refractivity contribution in [1.29, 1.82) is 0 Å². The van der Waals surface area contributed by atoms with Crippen LogP contribution in [0.3, 0.4) is 0 Å². The molecule has 5 heteroatoms. The van der Waals surface area contributed by atoms with Gasteiger partial charge in [0.25, 0.3) is 5.91 Å². The summed E-state index contributed by atoms with van der Waals surface area (Å²) in [5.41, 5.74) is 0. The van der Waals surface area contributed by atoms with Crippen molar-refractivity contribution in [3.05, 3.63) is 0 Å². The maximum Gasteiger partial charge on any atom is 0.253 e. The second-order valence-corrected chi connectivity index (χ2v) is 7.56. The number of likely N-dealkylation sites (tertiary alicyclic amines) is 1. The molecule has 2 saturated carbocycles. The molecule has 2 aliphatic heterocycles. The summed E-state index contributed by atoms with van der Waals surface area (Å²) in [4.78, 5) is 14.9. The molecule has 4 aliphatic rings. The zero-order valence-electron chi connectivity index (χ0n) is 13.3. The number of nitrogens with zero attached hydrogens (tertiary/aromatic N) is 1. The van der Waals surface area contributed by atoms with Gasteiger partial charge in [-0.25, -0.2) is 0 Å². The van der Waals surface area contributed by atoms with E-state index in [4.69, 9.17) is 4.74 Å². The molecule has 5 atom stereocenters. The lowest BCUT2D eigenvalue weighted by atomic mass is 9.83. The third kappa shape index (κ3) is 3.15. The van der Waals surface area contributed by atoms with E-state index in [1.165, 1.54) is 44.9 Å². The number of fused-ring (bicyclic) bond motifs is 2. The Morgan fingerprint density at radius 3 is 2.82 bits per heavy atom. The molecule has 5 unspecified atom stereocenters. The fraction of sp³-hybridized carbons (Fsp3) is 0.941. The van der Waals surface area contributed by atoms with Gasteiger partial charge in [-0.15, -0.1) is 12.4 Å². The van der Waals surface area contributed by atoms with Gasteiger partial charge in [-0.1, -0.05) is 6.42 Å². The van der Waals surface area contributed by atoms with Crippen LogP contribution < -0.4 is 5.32 Å². The van der Waals surface area contributed by atoms with Crippen LogP contribution in [0.2, 0.25) is 0 Å². The number of halogens is 1. The minimum Gasteiger partial charge on any atom is -0.366 e. The van der Waals surface area contributed by atoms with Crippen molar-refractivity contribution < 1.29 is 9.53 Å². The summed E-state index contributed by atoms with van der Waals surface area (Å²) in [7, 11) is 0. The predicted molar refractivity (Wildman–Crippen MR) is 88.1 cm³/mol. The van der Waals surface area contributed by atoms with Gasteiger partial charge < -0.3 is 15.0 Å². The summed E-state index contributed by atoms with van der Waals surface area (Å²) in [5, 5.41) is 3.28. The molecular weight excluding hydrogens is 300 g/mol. The third-order valence-corrected chi connectivity index (χ3v) is 6.32. The maximum atomic E-state index is 12.7. The summed E-state index contributed by atoms with van der Waals surface area (Å²) in [6, 6.07) is 0.493. The summed E-state index contributed by atoms with van der Waals surface area (Å²) < 4.78 is 5.67. The molecule has 126 valence electrons. The zero-order valence-corrected chi connectivity index (χ0v) is 14.2. The second kappa shape index (κ2) is 7.06. The Bertz CT molecular complexity index is 400. The largest absolute Gasteiger partial charge is 0.366 e. The van der Waals surface area contributed by atoms with Crippen LogP contribution in [-0.4, -0.2) is 49.2 Å². The molecule has 2 saturated heterocycles. The quantitative estimate of drug-likeness (QED) is 0.863. The molecule has 2 heterocycles. The summed E-state index contributed by atoms with van der Waals surface area (Å²) >= 11 is 0. The highest BCUT2D eigenvalue weighted by molar-refractivity contribution is 5.85. The molecular formula is C17H29ClN2O2. The van der Waals surface area contributed by atoms with Gasteiger partial charge in [-0.05, 0) is 56.3 Å². The fourth-order valence-electron chi connectivity index (χ4n) is 5.29. The molecule has 22 heavy (non-hydrogen) atoms. The van der Waals surface area contributed by atoms with Gasteiger partial charge in [0.2, 0.25) is 0 Å². The number of carbonyl (C=O) groups is 1. The standard InChI is InChI=1S/C17H28N2O2.ClH/c20-17(16-11-18-5-7-21-16)19-6-1-2-15(19)10-14-9-12-3-4-13(14)8-12;/h12-16,18H,1-11H2;1H. The average molecular weight is 329 g/mol. The molecule has 0 aromatic carbocycles. The first-order chi connectivity index (χ1) is 10.3. The Kier molecular flexibility index (Phi) is 5.31. The summed E-state index contributed by atoms with van der Waals surface area (Å²) in [6.07, 6.45) is 9.23. The molecule has 4 fully saturated rings. The zero-order chi connectivity index (χ0) is 14.2. The highest BCUT2D eigenvalue weighted by Gasteiger charge is 2.42. The van der Waals surface area contributed by atoms with Crippen LogP contribution in [0.4, 0.5) is 0 Å². The van der Waals surface area contributed by atoms with Gasteiger partial charge in [0.1, 0.15) is 6.10 Å². The Morgan fingerprint density at radius 2 is 2.14 bits per heavy atom. The molecule has 2 bridgehead atoms. The van der Waals surface area contributed by atoms with Gasteiger partial charge in [-0.3, -0.25) is 4.79 Å². The number of hydrogen-bond donors (Lipinski definition) is 1. The van der Waals surface area contributed by atoms with Crippen LogP contribution in [0.15, 0.2) is 0 Å². The number of rotatable bonds is 3. The number of nitrogens with one attached hydrogen (secondary N) is 1. The van der Waals surface area contributed by atoms with Crippen LogP contribution in [0, 0.1) is 17.8 Å². The Hall–Kier alpha value is -0.320. The van der Waals surface area contributed by atoms with Crippen molar-refractivity contribution in [2.45, 2.75) is 57.1 Å². The van der Waals surface area contributed by atoms with Crippen molar-refractivity contribution in [3.8, 4) is 0 Å². The molecule has 0 aromatic heterocycles. The molecule has 0 radical (unpaired) electrons. The number of carbonyl (C=O) groups excluding carboxylic acids is 1. The monoisotopic (exact) mass is 328 g/mol. The molecule has 0 aromatic rings. The molecule has 2 aliphatic carbocycles. The van der Waals surface area contributed by atoms with E-state index in [0.29, 0.717) is 19.2 Å². The molecule has 4 rings (SSSR count). The van der Waals surface area contributed by atoms with Crippen LogP contribution in [0.1, 0.15) is 44.9 Å². The van der Waals surface area contributed by atoms with Crippen molar-refractivity contribution in [3.63, 3.8) is 0 Å². The minimum atomic E-state index is -0.237. The number of ether oxygens (including phenoxy) is 1. The number of amides is 1.